The number of carbonyl (C=O) groups excluding carboxylic acids is 3. The van der Waals surface area contributed by atoms with Gasteiger partial charge in [0.2, 0.25) is 0 Å². The van der Waals surface area contributed by atoms with E-state index in [1.165, 1.54) is 25.1 Å². The maximum absolute atomic E-state index is 12.2. The Labute approximate surface area is 235 Å². The van der Waals surface area contributed by atoms with E-state index in [1.54, 1.807) is 13.8 Å². The molecular weight excluding hydrogens is 526 g/mol. The first kappa shape index (κ1) is 34.5. The monoisotopic (exact) mass is 569 g/mol. The van der Waals surface area contributed by atoms with Gasteiger partial charge in [-0.1, -0.05) is 40.7 Å². The molecule has 0 saturated heterocycles. The number of rotatable bonds is 14. The van der Waals surface area contributed by atoms with Crippen molar-refractivity contribution in [2.45, 2.75) is 91.9 Å². The number of ether oxygens (including phenoxy) is 6. The predicted octanol–water partition coefficient (Wildman–Crippen LogP) is 5.47. The molecule has 0 radical (unpaired) electrons. The maximum Gasteiger partial charge on any atom is 0.513 e. The SMILES string of the molecule is CCC(C)(C)OC(=O)O[C@@H](C)CC(N)(Cc1ccc(OC(=O)OCC(C)C)c(OC(=O)OCC(C)C)c1)C(=O)O. The van der Waals surface area contributed by atoms with Gasteiger partial charge in [-0.15, -0.1) is 0 Å². The number of nitrogens with two attached hydrogens (primary N) is 1. The Morgan fingerprint density at radius 3 is 1.88 bits per heavy atom. The molecule has 1 aromatic rings. The first-order valence-electron chi connectivity index (χ1n) is 13.2. The molecule has 0 amide bonds. The van der Waals surface area contributed by atoms with Gasteiger partial charge >= 0.3 is 24.4 Å². The Hall–Kier alpha value is -3.54. The highest BCUT2D eigenvalue weighted by Gasteiger charge is 2.38. The van der Waals surface area contributed by atoms with E-state index < -0.39 is 41.7 Å². The second-order valence-corrected chi connectivity index (χ2v) is 11.1. The van der Waals surface area contributed by atoms with Crippen LogP contribution in [0.1, 0.15) is 73.8 Å². The molecule has 0 spiro atoms. The van der Waals surface area contributed by atoms with Gasteiger partial charge in [0.05, 0.1) is 13.2 Å². The molecule has 0 heterocycles. The minimum absolute atomic E-state index is 0.0450. The summed E-state index contributed by atoms with van der Waals surface area (Å²) in [5, 5.41) is 9.93. The van der Waals surface area contributed by atoms with Gasteiger partial charge in [0, 0.05) is 12.8 Å². The van der Waals surface area contributed by atoms with Crippen molar-refractivity contribution in [2.24, 2.45) is 17.6 Å². The van der Waals surface area contributed by atoms with Gasteiger partial charge in [-0.2, -0.15) is 0 Å². The number of aliphatic carboxylic acids is 1. The zero-order chi connectivity index (χ0) is 30.7. The largest absolute Gasteiger partial charge is 0.513 e. The Bertz CT molecular complexity index is 1020. The molecule has 0 fully saturated rings. The summed E-state index contributed by atoms with van der Waals surface area (Å²) in [7, 11) is 0. The van der Waals surface area contributed by atoms with Gasteiger partial charge in [0.25, 0.3) is 0 Å². The van der Waals surface area contributed by atoms with Crippen molar-refractivity contribution in [3.8, 4) is 11.5 Å². The molecule has 40 heavy (non-hydrogen) atoms. The van der Waals surface area contributed by atoms with Crippen LogP contribution in [0.25, 0.3) is 0 Å². The number of carboxylic acid groups (broad SMARTS) is 1. The topological polar surface area (TPSA) is 170 Å². The van der Waals surface area contributed by atoms with E-state index in [-0.39, 0.29) is 49.4 Å². The van der Waals surface area contributed by atoms with E-state index in [4.69, 9.17) is 34.2 Å². The fraction of sp³-hybridized carbons (Fsp3) is 0.643. The maximum atomic E-state index is 12.2. The van der Waals surface area contributed by atoms with Crippen molar-refractivity contribution in [1.29, 1.82) is 0 Å². The average molecular weight is 570 g/mol. The molecule has 0 aliphatic rings. The highest BCUT2D eigenvalue weighted by Crippen LogP contribution is 2.31. The molecule has 0 aliphatic carbocycles. The highest BCUT2D eigenvalue weighted by molar-refractivity contribution is 5.79. The second kappa shape index (κ2) is 15.3. The Morgan fingerprint density at radius 2 is 1.40 bits per heavy atom. The molecule has 0 bridgehead atoms. The average Bonchev–Trinajstić information content (AvgIpc) is 2.82. The summed E-state index contributed by atoms with van der Waals surface area (Å²) >= 11 is 0. The Balaban J connectivity index is 3.15. The quantitative estimate of drug-likeness (QED) is 0.165. The van der Waals surface area contributed by atoms with Crippen LogP contribution in [-0.4, -0.2) is 60.0 Å². The minimum Gasteiger partial charge on any atom is -0.480 e. The summed E-state index contributed by atoms with van der Waals surface area (Å²) in [4.78, 5) is 48.7. The lowest BCUT2D eigenvalue weighted by Gasteiger charge is -2.29. The fourth-order valence-corrected chi connectivity index (χ4v) is 3.17. The summed E-state index contributed by atoms with van der Waals surface area (Å²) in [5.74, 6) is -1.58. The lowest BCUT2D eigenvalue weighted by molar-refractivity contribution is -0.145. The molecule has 12 nitrogen and oxygen atoms in total. The lowest BCUT2D eigenvalue weighted by atomic mass is 9.86. The minimum atomic E-state index is -1.88. The van der Waals surface area contributed by atoms with E-state index in [2.05, 4.69) is 0 Å². The van der Waals surface area contributed by atoms with Crippen LogP contribution in [0.3, 0.4) is 0 Å². The summed E-state index contributed by atoms with van der Waals surface area (Å²) < 4.78 is 31.0. The summed E-state index contributed by atoms with van der Waals surface area (Å²) in [6.07, 6.45) is -3.84. The Kier molecular flexibility index (Phi) is 13.2. The van der Waals surface area contributed by atoms with Crippen molar-refractivity contribution in [2.75, 3.05) is 13.2 Å². The molecule has 1 rings (SSSR count). The zero-order valence-corrected chi connectivity index (χ0v) is 24.6. The van der Waals surface area contributed by atoms with Crippen LogP contribution in [0.2, 0.25) is 0 Å². The smallest absolute Gasteiger partial charge is 0.480 e. The zero-order valence-electron chi connectivity index (χ0n) is 24.6. The molecule has 0 aliphatic heterocycles. The summed E-state index contributed by atoms with van der Waals surface area (Å²) in [6, 6.07) is 4.10. The standard InChI is InChI=1S/C28H43NO11/c1-9-27(7,8)40-26(34)37-19(6)13-28(29,23(30)31)14-20-10-11-21(38-24(32)35-15-17(2)3)22(12-20)39-25(33)36-16-18(4)5/h10-12,17-19H,9,13-16,29H2,1-8H3,(H,30,31)/t19-,28?/m0/s1. The molecule has 0 saturated carbocycles. The Morgan fingerprint density at radius 1 is 0.875 bits per heavy atom. The lowest BCUT2D eigenvalue weighted by Crippen LogP contribution is -2.52. The molecule has 3 N–H and O–H groups in total. The van der Waals surface area contributed by atoms with E-state index in [1.807, 2.05) is 34.6 Å². The van der Waals surface area contributed by atoms with E-state index in [9.17, 15) is 24.3 Å². The second-order valence-electron chi connectivity index (χ2n) is 11.1. The van der Waals surface area contributed by atoms with Crippen molar-refractivity contribution >= 4 is 24.4 Å². The molecule has 226 valence electrons. The van der Waals surface area contributed by atoms with Crippen molar-refractivity contribution in [3.05, 3.63) is 23.8 Å². The van der Waals surface area contributed by atoms with Crippen molar-refractivity contribution in [3.63, 3.8) is 0 Å². The number of benzene rings is 1. The number of carbonyl (C=O) groups is 4. The molecule has 1 aromatic carbocycles. The van der Waals surface area contributed by atoms with Crippen LogP contribution in [0.15, 0.2) is 18.2 Å². The molecule has 1 unspecified atom stereocenters. The van der Waals surface area contributed by atoms with Gasteiger partial charge in [-0.3, -0.25) is 4.79 Å². The number of hydrogen-bond donors (Lipinski definition) is 2. The van der Waals surface area contributed by atoms with Gasteiger partial charge in [0.1, 0.15) is 17.2 Å². The molecular formula is C28H43NO11. The third kappa shape index (κ3) is 12.5. The van der Waals surface area contributed by atoms with Gasteiger partial charge in [-0.25, -0.2) is 14.4 Å². The van der Waals surface area contributed by atoms with Gasteiger partial charge < -0.3 is 39.3 Å². The first-order chi connectivity index (χ1) is 18.5. The van der Waals surface area contributed by atoms with Crippen molar-refractivity contribution in [1.82, 2.24) is 0 Å². The normalized spacial score (nSPS) is 13.7. The van der Waals surface area contributed by atoms with Gasteiger partial charge in [0.15, 0.2) is 11.5 Å². The van der Waals surface area contributed by atoms with Crippen LogP contribution in [-0.2, 0) is 30.2 Å². The van der Waals surface area contributed by atoms with Crippen LogP contribution in [0.4, 0.5) is 14.4 Å². The van der Waals surface area contributed by atoms with Gasteiger partial charge in [-0.05, 0) is 56.7 Å². The summed E-state index contributed by atoms with van der Waals surface area (Å²) in [6.45, 7) is 14.4. The number of hydrogen-bond acceptors (Lipinski definition) is 11. The molecule has 12 heteroatoms. The first-order valence-corrected chi connectivity index (χ1v) is 13.2. The fourth-order valence-electron chi connectivity index (χ4n) is 3.17. The predicted molar refractivity (Wildman–Crippen MR) is 144 cm³/mol. The molecule has 0 aromatic heterocycles. The van der Waals surface area contributed by atoms with E-state index in [0.717, 1.165) is 0 Å². The van der Waals surface area contributed by atoms with Crippen LogP contribution in [0, 0.1) is 11.8 Å². The highest BCUT2D eigenvalue weighted by atomic mass is 16.7. The third-order valence-corrected chi connectivity index (χ3v) is 5.57. The van der Waals surface area contributed by atoms with Crippen LogP contribution >= 0.6 is 0 Å². The van der Waals surface area contributed by atoms with Crippen molar-refractivity contribution < 1.29 is 52.7 Å². The number of carboxylic acids is 1. The van der Waals surface area contributed by atoms with E-state index >= 15 is 0 Å². The third-order valence-electron chi connectivity index (χ3n) is 5.57. The molecule has 2 atom stereocenters. The van der Waals surface area contributed by atoms with Crippen LogP contribution in [0.5, 0.6) is 11.5 Å². The van der Waals surface area contributed by atoms with Crippen LogP contribution < -0.4 is 15.2 Å². The summed E-state index contributed by atoms with van der Waals surface area (Å²) in [5.41, 5.74) is 3.96. The van der Waals surface area contributed by atoms with E-state index in [0.29, 0.717) is 12.0 Å².